The SMILES string of the molecule is CCCN=C1C=Cc2c(NCCC)ccc3c([NH2+]CCC)ccc1c23. The van der Waals surface area contributed by atoms with Crippen LogP contribution in [0.3, 0.4) is 0 Å². The second kappa shape index (κ2) is 8.30. The summed E-state index contributed by atoms with van der Waals surface area (Å²) in [7, 11) is 0. The number of nitrogens with one attached hydrogen (secondary N) is 1. The second-order valence-electron chi connectivity index (χ2n) is 6.67. The fourth-order valence-corrected chi connectivity index (χ4v) is 3.40. The predicted molar refractivity (Wildman–Crippen MR) is 110 cm³/mol. The van der Waals surface area contributed by atoms with E-state index in [-0.39, 0.29) is 0 Å². The first-order chi connectivity index (χ1) is 12.3. The van der Waals surface area contributed by atoms with E-state index in [0.29, 0.717) is 0 Å². The molecule has 1 aliphatic rings. The number of aliphatic imine (C=N–C) groups is 1. The van der Waals surface area contributed by atoms with E-state index in [1.807, 2.05) is 0 Å². The Hall–Kier alpha value is -2.13. The van der Waals surface area contributed by atoms with Crippen LogP contribution < -0.4 is 10.6 Å². The topological polar surface area (TPSA) is 41.0 Å². The largest absolute Gasteiger partial charge is 0.385 e. The summed E-state index contributed by atoms with van der Waals surface area (Å²) in [5.41, 5.74) is 6.27. The highest BCUT2D eigenvalue weighted by Crippen LogP contribution is 2.36. The molecule has 3 N–H and O–H groups in total. The van der Waals surface area contributed by atoms with Crippen molar-refractivity contribution < 1.29 is 5.32 Å². The van der Waals surface area contributed by atoms with Crippen molar-refractivity contribution in [2.24, 2.45) is 4.99 Å². The molecular formula is C22H30N3+. The summed E-state index contributed by atoms with van der Waals surface area (Å²) in [6.07, 6.45) is 7.80. The average Bonchev–Trinajstić information content (AvgIpc) is 2.65. The van der Waals surface area contributed by atoms with Gasteiger partial charge in [-0.05, 0) is 43.5 Å². The maximum Gasteiger partial charge on any atom is 0.137 e. The Morgan fingerprint density at radius 3 is 2.60 bits per heavy atom. The van der Waals surface area contributed by atoms with Gasteiger partial charge in [0.05, 0.1) is 12.3 Å². The number of anilines is 1. The first-order valence-electron chi connectivity index (χ1n) is 9.69. The zero-order valence-corrected chi connectivity index (χ0v) is 15.7. The van der Waals surface area contributed by atoms with Gasteiger partial charge >= 0.3 is 0 Å². The molecule has 1 aliphatic carbocycles. The number of rotatable bonds is 8. The van der Waals surface area contributed by atoms with Crippen LogP contribution >= 0.6 is 0 Å². The van der Waals surface area contributed by atoms with Crippen molar-refractivity contribution in [1.82, 2.24) is 0 Å². The average molecular weight is 337 g/mol. The lowest BCUT2D eigenvalue weighted by atomic mass is 9.89. The first-order valence-corrected chi connectivity index (χ1v) is 9.69. The quantitative estimate of drug-likeness (QED) is 0.685. The highest BCUT2D eigenvalue weighted by atomic mass is 14.9. The third-order valence-corrected chi connectivity index (χ3v) is 4.66. The Kier molecular flexibility index (Phi) is 5.87. The third kappa shape index (κ3) is 3.62. The molecule has 3 rings (SSSR count). The van der Waals surface area contributed by atoms with E-state index in [4.69, 9.17) is 4.99 Å². The number of hydrogen-bond acceptors (Lipinski definition) is 2. The standard InChI is InChI=1S/C22H29N3/c1-4-13-23-19-10-7-17-21(25-15-6-3)12-9-18-20(24-14-5-2)11-8-16(19)22(17)18/h7-12,23-24H,4-6,13-15H2,1-3H3/p+1. The monoisotopic (exact) mass is 336 g/mol. The van der Waals surface area contributed by atoms with Crippen LogP contribution in [-0.4, -0.2) is 25.3 Å². The van der Waals surface area contributed by atoms with Gasteiger partial charge in [0.1, 0.15) is 5.69 Å². The van der Waals surface area contributed by atoms with Gasteiger partial charge in [-0.2, -0.15) is 0 Å². The van der Waals surface area contributed by atoms with Gasteiger partial charge in [-0.1, -0.05) is 26.8 Å². The molecule has 2 aromatic rings. The van der Waals surface area contributed by atoms with Crippen molar-refractivity contribution in [3.8, 4) is 0 Å². The fourth-order valence-electron chi connectivity index (χ4n) is 3.40. The van der Waals surface area contributed by atoms with Crippen LogP contribution in [-0.2, 0) is 0 Å². The smallest absolute Gasteiger partial charge is 0.137 e. The molecule has 2 aromatic carbocycles. The van der Waals surface area contributed by atoms with E-state index in [1.54, 1.807) is 0 Å². The van der Waals surface area contributed by atoms with Crippen LogP contribution in [0.2, 0.25) is 0 Å². The fraction of sp³-hybridized carbons (Fsp3) is 0.409. The summed E-state index contributed by atoms with van der Waals surface area (Å²) >= 11 is 0. The molecule has 0 aliphatic heterocycles. The lowest BCUT2D eigenvalue weighted by Crippen LogP contribution is -2.77. The molecule has 0 atom stereocenters. The van der Waals surface area contributed by atoms with Gasteiger partial charge in [0.25, 0.3) is 0 Å². The van der Waals surface area contributed by atoms with E-state index in [2.05, 4.69) is 67.8 Å². The molecule has 0 bridgehead atoms. The number of allylic oxidation sites excluding steroid dienone is 1. The minimum absolute atomic E-state index is 0.883. The summed E-state index contributed by atoms with van der Waals surface area (Å²) in [6.45, 7) is 9.61. The molecule has 3 nitrogen and oxygen atoms in total. The number of quaternary nitrogens is 1. The van der Waals surface area contributed by atoms with E-state index in [9.17, 15) is 0 Å². The number of benzene rings is 2. The molecular weight excluding hydrogens is 306 g/mol. The van der Waals surface area contributed by atoms with Crippen LogP contribution in [0.25, 0.3) is 16.8 Å². The molecule has 0 heterocycles. The Bertz CT molecular complexity index is 803. The maximum absolute atomic E-state index is 4.81. The van der Waals surface area contributed by atoms with E-state index in [0.717, 1.165) is 38.2 Å². The van der Waals surface area contributed by atoms with Gasteiger partial charge in [-0.3, -0.25) is 4.99 Å². The van der Waals surface area contributed by atoms with Gasteiger partial charge in [0.15, 0.2) is 0 Å². The molecule has 3 heteroatoms. The molecule has 0 amide bonds. The van der Waals surface area contributed by atoms with Gasteiger partial charge in [-0.15, -0.1) is 0 Å². The number of hydrogen-bond donors (Lipinski definition) is 2. The molecule has 0 aromatic heterocycles. The normalized spacial score (nSPS) is 14.4. The minimum atomic E-state index is 0.883. The summed E-state index contributed by atoms with van der Waals surface area (Å²) in [5.74, 6) is 0. The molecule has 0 radical (unpaired) electrons. The van der Waals surface area contributed by atoms with Crippen molar-refractivity contribution in [2.45, 2.75) is 40.0 Å². The van der Waals surface area contributed by atoms with Crippen LogP contribution in [0.1, 0.15) is 51.2 Å². The molecule has 25 heavy (non-hydrogen) atoms. The number of nitrogens with two attached hydrogens (primary N) is 1. The maximum atomic E-state index is 4.81. The van der Waals surface area contributed by atoms with Gasteiger partial charge in [0, 0.05) is 46.7 Å². The Labute approximate surface area is 151 Å². The van der Waals surface area contributed by atoms with Crippen molar-refractivity contribution in [2.75, 3.05) is 25.0 Å². The second-order valence-corrected chi connectivity index (χ2v) is 6.67. The predicted octanol–water partition coefficient (Wildman–Crippen LogP) is 4.49. The Balaban J connectivity index is 2.17. The Morgan fingerprint density at radius 2 is 1.84 bits per heavy atom. The third-order valence-electron chi connectivity index (χ3n) is 4.66. The highest BCUT2D eigenvalue weighted by Gasteiger charge is 2.19. The first kappa shape index (κ1) is 17.7. The zero-order chi connectivity index (χ0) is 17.6. The van der Waals surface area contributed by atoms with E-state index < -0.39 is 0 Å². The molecule has 0 saturated carbocycles. The lowest BCUT2D eigenvalue weighted by molar-refractivity contribution is -0.569. The van der Waals surface area contributed by atoms with Gasteiger partial charge in [-0.25, -0.2) is 0 Å². The summed E-state index contributed by atoms with van der Waals surface area (Å²) in [6, 6.07) is 9.03. The van der Waals surface area contributed by atoms with Crippen molar-refractivity contribution >= 4 is 33.9 Å². The summed E-state index contributed by atoms with van der Waals surface area (Å²) in [5, 5.41) is 8.65. The van der Waals surface area contributed by atoms with Crippen LogP contribution in [0.4, 0.5) is 11.4 Å². The van der Waals surface area contributed by atoms with Crippen LogP contribution in [0.15, 0.2) is 35.3 Å². The lowest BCUT2D eigenvalue weighted by Gasteiger charge is -2.19. The van der Waals surface area contributed by atoms with Crippen LogP contribution in [0, 0.1) is 0 Å². The van der Waals surface area contributed by atoms with E-state index >= 15 is 0 Å². The zero-order valence-electron chi connectivity index (χ0n) is 15.7. The molecule has 0 fully saturated rings. The van der Waals surface area contributed by atoms with Gasteiger partial charge in [0.2, 0.25) is 0 Å². The Morgan fingerprint density at radius 1 is 0.960 bits per heavy atom. The molecule has 0 saturated heterocycles. The van der Waals surface area contributed by atoms with Crippen molar-refractivity contribution in [1.29, 1.82) is 0 Å². The highest BCUT2D eigenvalue weighted by molar-refractivity contribution is 6.24. The summed E-state index contributed by atoms with van der Waals surface area (Å²) < 4.78 is 0. The number of nitrogens with zero attached hydrogens (tertiary/aromatic N) is 1. The molecule has 132 valence electrons. The van der Waals surface area contributed by atoms with Crippen LogP contribution in [0.5, 0.6) is 0 Å². The molecule has 0 spiro atoms. The van der Waals surface area contributed by atoms with Gasteiger partial charge < -0.3 is 10.6 Å². The molecule has 0 unspecified atom stereocenters. The van der Waals surface area contributed by atoms with Crippen molar-refractivity contribution in [3.63, 3.8) is 0 Å². The summed E-state index contributed by atoms with van der Waals surface area (Å²) in [4.78, 5) is 4.81. The van der Waals surface area contributed by atoms with Crippen molar-refractivity contribution in [3.05, 3.63) is 41.5 Å². The minimum Gasteiger partial charge on any atom is -0.385 e. The van der Waals surface area contributed by atoms with E-state index in [1.165, 1.54) is 39.7 Å².